The zero-order valence-corrected chi connectivity index (χ0v) is 14.5. The number of nitrogens with zero attached hydrogens (tertiary/aromatic N) is 1. The maximum Gasteiger partial charge on any atom is 0.177 e. The van der Waals surface area contributed by atoms with Gasteiger partial charge in [0.1, 0.15) is 0 Å². The predicted octanol–water partition coefficient (Wildman–Crippen LogP) is 2.36. The summed E-state index contributed by atoms with van der Waals surface area (Å²) in [6.45, 7) is 10.2. The van der Waals surface area contributed by atoms with Crippen LogP contribution in [-0.2, 0) is 9.84 Å². The van der Waals surface area contributed by atoms with Gasteiger partial charge in [-0.3, -0.25) is 0 Å². The summed E-state index contributed by atoms with van der Waals surface area (Å²) in [5.41, 5.74) is 1.18. The van der Waals surface area contributed by atoms with Gasteiger partial charge in [0, 0.05) is 11.4 Å². The van der Waals surface area contributed by atoms with Gasteiger partial charge in [0.25, 0.3) is 0 Å². The Balaban J connectivity index is 2.73. The van der Waals surface area contributed by atoms with Crippen LogP contribution < -0.4 is 0 Å². The van der Waals surface area contributed by atoms with Crippen LogP contribution in [0.3, 0.4) is 0 Å². The average molecular weight is 315 g/mol. The standard InChI is InChI=1S/C16H29NO3S/c1-13(2)14(3)5-6-15(4)21(19,20)16-7-9-17(10-8-16)11-12-18/h5-6,13,16,18H,7-12H2,1-4H3/b14-5+,15-6+. The SMILES string of the molecule is C/C(=C\C=C(/C)S(=O)(=O)C1CCN(CCO)CC1)C(C)C. The minimum absolute atomic E-state index is 0.135. The quantitative estimate of drug-likeness (QED) is 0.765. The topological polar surface area (TPSA) is 57.6 Å². The number of hydrogen-bond acceptors (Lipinski definition) is 4. The van der Waals surface area contributed by atoms with E-state index in [0.717, 1.165) is 13.1 Å². The lowest BCUT2D eigenvalue weighted by atomic mass is 10.1. The summed E-state index contributed by atoms with van der Waals surface area (Å²) < 4.78 is 25.1. The first-order valence-corrected chi connectivity index (χ1v) is 9.25. The van der Waals surface area contributed by atoms with Crippen LogP contribution in [0.25, 0.3) is 0 Å². The van der Waals surface area contributed by atoms with Gasteiger partial charge < -0.3 is 10.0 Å². The maximum atomic E-state index is 12.6. The zero-order chi connectivity index (χ0) is 16.0. The highest BCUT2D eigenvalue weighted by Gasteiger charge is 2.30. The molecule has 0 radical (unpaired) electrons. The summed E-state index contributed by atoms with van der Waals surface area (Å²) in [4.78, 5) is 2.58. The third-order valence-corrected chi connectivity index (χ3v) is 6.71. The van der Waals surface area contributed by atoms with Crippen molar-refractivity contribution < 1.29 is 13.5 Å². The Morgan fingerprint density at radius 3 is 2.29 bits per heavy atom. The molecule has 0 spiro atoms. The van der Waals surface area contributed by atoms with E-state index in [1.807, 2.05) is 13.0 Å². The van der Waals surface area contributed by atoms with Gasteiger partial charge in [-0.2, -0.15) is 0 Å². The van der Waals surface area contributed by atoms with Crippen LogP contribution in [0.1, 0.15) is 40.5 Å². The van der Waals surface area contributed by atoms with Gasteiger partial charge in [0.05, 0.1) is 11.9 Å². The van der Waals surface area contributed by atoms with Crippen LogP contribution in [0.15, 0.2) is 22.6 Å². The molecule has 0 saturated carbocycles. The summed E-state index contributed by atoms with van der Waals surface area (Å²) in [6.07, 6.45) is 4.96. The second-order valence-corrected chi connectivity index (χ2v) is 8.55. The maximum absolute atomic E-state index is 12.6. The molecule has 1 aliphatic rings. The van der Waals surface area contributed by atoms with Crippen molar-refractivity contribution in [3.63, 3.8) is 0 Å². The molecule has 0 bridgehead atoms. The van der Waals surface area contributed by atoms with Crippen LogP contribution in [0.5, 0.6) is 0 Å². The Hall–Kier alpha value is -0.650. The molecule has 0 aromatic heterocycles. The third kappa shape index (κ3) is 5.24. The van der Waals surface area contributed by atoms with Crippen molar-refractivity contribution in [2.24, 2.45) is 5.92 Å². The molecular formula is C16H29NO3S. The number of β-amino-alcohol motifs (C(OH)–C–C–N with tert-alkyl or cyclic N) is 1. The molecule has 1 aliphatic heterocycles. The highest BCUT2D eigenvalue weighted by atomic mass is 32.2. The molecule has 0 unspecified atom stereocenters. The lowest BCUT2D eigenvalue weighted by Gasteiger charge is -2.31. The van der Waals surface area contributed by atoms with E-state index in [0.29, 0.717) is 30.2 Å². The van der Waals surface area contributed by atoms with Crippen LogP contribution in [0.4, 0.5) is 0 Å². The molecule has 1 fully saturated rings. The minimum atomic E-state index is -3.19. The molecule has 0 amide bonds. The Morgan fingerprint density at radius 2 is 1.81 bits per heavy atom. The van der Waals surface area contributed by atoms with E-state index in [9.17, 15) is 8.42 Å². The van der Waals surface area contributed by atoms with Crippen LogP contribution in [0.2, 0.25) is 0 Å². The second-order valence-electron chi connectivity index (χ2n) is 6.15. The van der Waals surface area contributed by atoms with Crippen LogP contribution in [-0.4, -0.2) is 49.9 Å². The average Bonchev–Trinajstić information content (AvgIpc) is 2.45. The molecule has 1 heterocycles. The minimum Gasteiger partial charge on any atom is -0.395 e. The molecule has 0 aromatic rings. The smallest absolute Gasteiger partial charge is 0.177 e. The van der Waals surface area contributed by atoms with Gasteiger partial charge >= 0.3 is 0 Å². The number of rotatable bonds is 6. The first-order valence-electron chi connectivity index (χ1n) is 7.71. The Bertz CT molecular complexity index is 484. The summed E-state index contributed by atoms with van der Waals surface area (Å²) in [5, 5.41) is 8.64. The fraction of sp³-hybridized carbons (Fsp3) is 0.750. The van der Waals surface area contributed by atoms with E-state index < -0.39 is 9.84 Å². The number of aliphatic hydroxyl groups is 1. The van der Waals surface area contributed by atoms with E-state index in [1.165, 1.54) is 5.57 Å². The Labute approximate surface area is 129 Å². The number of likely N-dealkylation sites (tertiary alicyclic amines) is 1. The summed E-state index contributed by atoms with van der Waals surface area (Å²) >= 11 is 0. The van der Waals surface area contributed by atoms with Crippen molar-refractivity contribution in [3.05, 3.63) is 22.6 Å². The molecule has 122 valence electrons. The second kappa shape index (κ2) is 8.11. The molecule has 1 rings (SSSR count). The van der Waals surface area contributed by atoms with Crippen molar-refractivity contribution >= 4 is 9.84 Å². The Morgan fingerprint density at radius 1 is 1.24 bits per heavy atom. The van der Waals surface area contributed by atoms with Gasteiger partial charge in [-0.25, -0.2) is 8.42 Å². The highest BCUT2D eigenvalue weighted by molar-refractivity contribution is 7.95. The van der Waals surface area contributed by atoms with Crippen molar-refractivity contribution in [1.29, 1.82) is 0 Å². The normalized spacial score (nSPS) is 20.3. The number of aliphatic hydroxyl groups excluding tert-OH is 1. The molecule has 4 nitrogen and oxygen atoms in total. The van der Waals surface area contributed by atoms with Crippen molar-refractivity contribution in [2.75, 3.05) is 26.2 Å². The lowest BCUT2D eigenvalue weighted by Crippen LogP contribution is -2.40. The largest absolute Gasteiger partial charge is 0.395 e. The van der Waals surface area contributed by atoms with Crippen molar-refractivity contribution in [3.8, 4) is 0 Å². The van der Waals surface area contributed by atoms with E-state index in [-0.39, 0.29) is 11.9 Å². The van der Waals surface area contributed by atoms with E-state index in [2.05, 4.69) is 18.7 Å². The first kappa shape index (κ1) is 18.4. The molecular weight excluding hydrogens is 286 g/mol. The number of hydrogen-bond donors (Lipinski definition) is 1. The summed E-state index contributed by atoms with van der Waals surface area (Å²) in [7, 11) is -3.19. The lowest BCUT2D eigenvalue weighted by molar-refractivity contribution is 0.174. The molecule has 0 aromatic carbocycles. The monoisotopic (exact) mass is 315 g/mol. The van der Waals surface area contributed by atoms with Gasteiger partial charge in [-0.05, 0) is 51.8 Å². The summed E-state index contributed by atoms with van der Waals surface area (Å²) in [6, 6.07) is 0. The highest BCUT2D eigenvalue weighted by Crippen LogP contribution is 2.23. The van der Waals surface area contributed by atoms with Crippen LogP contribution >= 0.6 is 0 Å². The Kier molecular flexibility index (Phi) is 7.10. The molecule has 1 saturated heterocycles. The van der Waals surface area contributed by atoms with Gasteiger partial charge in [0.15, 0.2) is 9.84 Å². The fourth-order valence-corrected chi connectivity index (χ4v) is 4.00. The number of piperidine rings is 1. The first-order chi connectivity index (χ1) is 9.78. The van der Waals surface area contributed by atoms with Crippen molar-refractivity contribution in [1.82, 2.24) is 4.90 Å². The van der Waals surface area contributed by atoms with Gasteiger partial charge in [-0.1, -0.05) is 25.5 Å². The van der Waals surface area contributed by atoms with Gasteiger partial charge in [0.2, 0.25) is 0 Å². The summed E-state index contributed by atoms with van der Waals surface area (Å²) in [5.74, 6) is 0.429. The molecule has 0 aliphatic carbocycles. The van der Waals surface area contributed by atoms with Crippen LogP contribution in [0, 0.1) is 5.92 Å². The van der Waals surface area contributed by atoms with E-state index in [4.69, 9.17) is 5.11 Å². The predicted molar refractivity (Wildman–Crippen MR) is 87.8 cm³/mol. The molecule has 0 atom stereocenters. The fourth-order valence-electron chi connectivity index (χ4n) is 2.38. The molecule has 5 heteroatoms. The molecule has 1 N–H and O–H groups in total. The van der Waals surface area contributed by atoms with E-state index >= 15 is 0 Å². The molecule has 21 heavy (non-hydrogen) atoms. The zero-order valence-electron chi connectivity index (χ0n) is 13.7. The number of sulfone groups is 1. The van der Waals surface area contributed by atoms with Gasteiger partial charge in [-0.15, -0.1) is 0 Å². The van der Waals surface area contributed by atoms with E-state index in [1.54, 1.807) is 13.0 Å². The third-order valence-electron chi connectivity index (χ3n) is 4.33. The van der Waals surface area contributed by atoms with Crippen molar-refractivity contribution in [2.45, 2.75) is 45.8 Å². The number of allylic oxidation sites excluding steroid dienone is 4.